The van der Waals surface area contributed by atoms with Crippen LogP contribution in [0.2, 0.25) is 0 Å². The summed E-state index contributed by atoms with van der Waals surface area (Å²) in [4.78, 5) is 37.3. The molecule has 1 heterocycles. The van der Waals surface area contributed by atoms with Crippen molar-refractivity contribution in [1.82, 2.24) is 5.09 Å². The molecular weight excluding hydrogens is 533 g/mol. The molecule has 1 fully saturated rings. The third-order valence-electron chi connectivity index (χ3n) is 6.67. The summed E-state index contributed by atoms with van der Waals surface area (Å²) in [5.74, 6) is -3.29. The van der Waals surface area contributed by atoms with Crippen molar-refractivity contribution in [1.29, 1.82) is 0 Å². The normalized spacial score (nSPS) is 20.5. The number of esters is 2. The molecule has 1 aromatic rings. The Labute approximate surface area is 228 Å². The summed E-state index contributed by atoms with van der Waals surface area (Å²) in [7, 11) is -4.29. The third kappa shape index (κ3) is 9.01. The van der Waals surface area contributed by atoms with E-state index in [1.807, 2.05) is 0 Å². The lowest BCUT2D eigenvalue weighted by Gasteiger charge is -2.37. The number of hydrogen-bond donors (Lipinski definition) is 3. The molecule has 220 valence electrons. The fraction of sp³-hybridized carbons (Fsp3) is 0.654. The van der Waals surface area contributed by atoms with Gasteiger partial charge in [-0.3, -0.25) is 14.4 Å². The molecule has 39 heavy (non-hydrogen) atoms. The molecule has 1 saturated heterocycles. The van der Waals surface area contributed by atoms with Crippen molar-refractivity contribution >= 4 is 25.7 Å². The number of rotatable bonds is 14. The molecule has 0 saturated carbocycles. The van der Waals surface area contributed by atoms with Gasteiger partial charge in [-0.25, -0.2) is 9.09 Å². The number of ether oxygens (including phenoxy) is 3. The minimum Gasteiger partial charge on any atom is -0.481 e. The molecule has 4 atom stereocenters. The fourth-order valence-corrected chi connectivity index (χ4v) is 5.35. The van der Waals surface area contributed by atoms with E-state index in [9.17, 15) is 29.2 Å². The summed E-state index contributed by atoms with van der Waals surface area (Å²) in [6.45, 7) is 9.99. The van der Waals surface area contributed by atoms with Crippen LogP contribution in [0.1, 0.15) is 48.5 Å². The summed E-state index contributed by atoms with van der Waals surface area (Å²) < 4.78 is 40.3. The number of aliphatic hydroxyl groups is 1. The number of nitrogens with one attached hydrogen (secondary N) is 1. The first-order valence-corrected chi connectivity index (χ1v) is 14.1. The zero-order valence-corrected chi connectivity index (χ0v) is 24.4. The molecule has 3 N–H and O–H groups in total. The Bertz CT molecular complexity index is 1050. The summed E-state index contributed by atoms with van der Waals surface area (Å²) in [6, 6.07) is 6.87. The molecule has 1 aromatic carbocycles. The molecule has 2 rings (SSSR count). The van der Waals surface area contributed by atoms with Crippen LogP contribution in [0.5, 0.6) is 5.75 Å². The van der Waals surface area contributed by atoms with Crippen molar-refractivity contribution in [2.45, 2.75) is 60.1 Å². The minimum atomic E-state index is -4.29. The Morgan fingerprint density at radius 3 is 2.13 bits per heavy atom. The minimum absolute atomic E-state index is 0.166. The predicted molar refractivity (Wildman–Crippen MR) is 140 cm³/mol. The van der Waals surface area contributed by atoms with Gasteiger partial charge in [0.25, 0.3) is 0 Å². The van der Waals surface area contributed by atoms with E-state index < -0.39 is 66.8 Å². The van der Waals surface area contributed by atoms with Gasteiger partial charge in [0, 0.05) is 11.8 Å². The van der Waals surface area contributed by atoms with E-state index in [2.05, 4.69) is 5.09 Å². The van der Waals surface area contributed by atoms with Gasteiger partial charge in [-0.05, 0) is 60.6 Å². The van der Waals surface area contributed by atoms with E-state index in [1.54, 1.807) is 45.9 Å². The van der Waals surface area contributed by atoms with E-state index >= 15 is 0 Å². The highest BCUT2D eigenvalue weighted by Gasteiger charge is 2.53. The monoisotopic (exact) mass is 573 g/mol. The van der Waals surface area contributed by atoms with Gasteiger partial charge in [-0.15, -0.1) is 0 Å². The van der Waals surface area contributed by atoms with Crippen LogP contribution in [0.4, 0.5) is 0 Å². The number of benzene rings is 1. The smallest absolute Gasteiger partial charge is 0.462 e. The zero-order chi connectivity index (χ0) is 29.6. The largest absolute Gasteiger partial charge is 0.481 e. The highest BCUT2D eigenvalue weighted by atomic mass is 31.2. The number of aliphatic carboxylic acids is 1. The highest BCUT2D eigenvalue weighted by Crippen LogP contribution is 2.47. The third-order valence-corrected chi connectivity index (χ3v) is 8.27. The lowest BCUT2D eigenvalue weighted by Crippen LogP contribution is -2.45. The number of carbonyl (C=O) groups is 3. The number of carbonyl (C=O) groups excluding carboxylic acids is 2. The average Bonchev–Trinajstić information content (AvgIpc) is 3.34. The maximum atomic E-state index is 13.6. The van der Waals surface area contributed by atoms with Gasteiger partial charge in [0.15, 0.2) is 0 Å². The summed E-state index contributed by atoms with van der Waals surface area (Å²) in [5.41, 5.74) is -3.57. The van der Waals surface area contributed by atoms with Gasteiger partial charge >= 0.3 is 25.7 Å². The lowest BCUT2D eigenvalue weighted by atomic mass is 9.64. The zero-order valence-electron chi connectivity index (χ0n) is 23.5. The Morgan fingerprint density at radius 1 is 1.03 bits per heavy atom. The summed E-state index contributed by atoms with van der Waals surface area (Å²) >= 11 is 0. The molecule has 12 nitrogen and oxygen atoms in total. The lowest BCUT2D eigenvalue weighted by molar-refractivity contribution is -0.168. The van der Waals surface area contributed by atoms with Crippen LogP contribution in [0.3, 0.4) is 0 Å². The van der Waals surface area contributed by atoms with Crippen molar-refractivity contribution in [2.75, 3.05) is 26.6 Å². The Balaban J connectivity index is 2.11. The first kappa shape index (κ1) is 32.7. The van der Waals surface area contributed by atoms with Crippen LogP contribution in [0.15, 0.2) is 30.3 Å². The van der Waals surface area contributed by atoms with Gasteiger partial charge in [-0.2, -0.15) is 5.09 Å². The molecule has 1 aliphatic rings. The maximum Gasteiger partial charge on any atom is 0.462 e. The van der Waals surface area contributed by atoms with Crippen LogP contribution in [0.25, 0.3) is 0 Å². The molecule has 0 aromatic heterocycles. The van der Waals surface area contributed by atoms with Gasteiger partial charge in [0.2, 0.25) is 6.79 Å². The van der Waals surface area contributed by atoms with E-state index in [1.165, 1.54) is 32.9 Å². The summed E-state index contributed by atoms with van der Waals surface area (Å²) in [5, 5.41) is 21.9. The van der Waals surface area contributed by atoms with Crippen molar-refractivity contribution in [3.63, 3.8) is 0 Å². The standard InChI is InChI=1S/C26H40NO11P/c1-17(21(28)35-15-24(2,3)32)27-39(33,38-18-11-9-8-10-12-18)37-16-36-23(31)26(6,7)20-14-34-13-19(20)25(4,5)22(29)30/h8-12,17,19-20,32H,13-16H2,1-7H3,(H,27,33)(H,29,30)/t17-,19?,20?,39?/m0/s1. The summed E-state index contributed by atoms with van der Waals surface area (Å²) in [6.07, 6.45) is 0. The van der Waals surface area contributed by atoms with Crippen LogP contribution < -0.4 is 9.61 Å². The molecule has 13 heteroatoms. The average molecular weight is 574 g/mol. The quantitative estimate of drug-likeness (QED) is 0.169. The number of carboxylic acids is 1. The van der Waals surface area contributed by atoms with E-state index in [0.29, 0.717) is 0 Å². The van der Waals surface area contributed by atoms with E-state index in [0.717, 1.165) is 0 Å². The van der Waals surface area contributed by atoms with Gasteiger partial charge in [-0.1, -0.05) is 18.2 Å². The topological polar surface area (TPSA) is 167 Å². The first-order valence-electron chi connectivity index (χ1n) is 12.5. The van der Waals surface area contributed by atoms with Gasteiger partial charge in [0.1, 0.15) is 18.4 Å². The van der Waals surface area contributed by atoms with Crippen LogP contribution >= 0.6 is 7.75 Å². The van der Waals surface area contributed by atoms with Crippen molar-refractivity contribution in [3.8, 4) is 5.75 Å². The number of hydrogen-bond acceptors (Lipinski definition) is 10. The van der Waals surface area contributed by atoms with Crippen LogP contribution in [-0.2, 0) is 37.7 Å². The molecule has 0 radical (unpaired) electrons. The van der Waals surface area contributed by atoms with E-state index in [4.69, 9.17) is 23.3 Å². The van der Waals surface area contributed by atoms with Gasteiger partial charge < -0.3 is 28.9 Å². The van der Waals surface area contributed by atoms with Crippen molar-refractivity contribution < 1.29 is 52.4 Å². The fourth-order valence-electron chi connectivity index (χ4n) is 3.99. The number of carboxylic acid groups (broad SMARTS) is 1. The first-order chi connectivity index (χ1) is 17.9. The SMILES string of the molecule is C[C@H](NP(=O)(OCOC(=O)C(C)(C)C1COCC1C(C)(C)C(=O)O)Oc1ccccc1)C(=O)OCC(C)(C)O. The Hall–Kier alpha value is -2.50. The van der Waals surface area contributed by atoms with E-state index in [-0.39, 0.29) is 25.6 Å². The second kappa shape index (κ2) is 12.8. The van der Waals surface area contributed by atoms with Crippen molar-refractivity contribution in [2.24, 2.45) is 22.7 Å². The molecule has 3 unspecified atom stereocenters. The Morgan fingerprint density at radius 2 is 1.59 bits per heavy atom. The van der Waals surface area contributed by atoms with Crippen LogP contribution in [0, 0.1) is 22.7 Å². The van der Waals surface area contributed by atoms with Gasteiger partial charge in [0.05, 0.1) is 29.6 Å². The second-order valence-electron chi connectivity index (χ2n) is 11.4. The Kier molecular flexibility index (Phi) is 10.7. The molecule has 0 amide bonds. The molecular formula is C26H40NO11P. The highest BCUT2D eigenvalue weighted by molar-refractivity contribution is 7.52. The molecule has 1 aliphatic heterocycles. The maximum absolute atomic E-state index is 13.6. The molecule has 0 aliphatic carbocycles. The second-order valence-corrected chi connectivity index (χ2v) is 13.0. The predicted octanol–water partition coefficient (Wildman–Crippen LogP) is 3.38. The van der Waals surface area contributed by atoms with Crippen molar-refractivity contribution in [3.05, 3.63) is 30.3 Å². The molecule has 0 bridgehead atoms. The van der Waals surface area contributed by atoms with Crippen LogP contribution in [-0.4, -0.2) is 66.4 Å². The number of para-hydroxylation sites is 1. The molecule has 0 spiro atoms.